The average Bonchev–Trinajstić information content (AvgIpc) is 2.40. The van der Waals surface area contributed by atoms with Crippen LogP contribution in [0.3, 0.4) is 0 Å². The van der Waals surface area contributed by atoms with Crippen LogP contribution in [0.1, 0.15) is 25.3 Å². The number of aryl methyl sites for hydroxylation is 1. The molecule has 118 valence electrons. The maximum absolute atomic E-state index is 12.0. The predicted molar refractivity (Wildman–Crippen MR) is 95.5 cm³/mol. The summed E-state index contributed by atoms with van der Waals surface area (Å²) in [5.74, 6) is 0.601. The highest BCUT2D eigenvalue weighted by Gasteiger charge is 2.22. The average molecular weight is 394 g/mol. The zero-order chi connectivity index (χ0) is 14.5. The smallest absolute Gasteiger partial charge is 0.230 e. The van der Waals surface area contributed by atoms with E-state index in [1.165, 1.54) is 5.56 Å². The van der Waals surface area contributed by atoms with Crippen molar-refractivity contribution < 1.29 is 4.79 Å². The van der Waals surface area contributed by atoms with Crippen molar-refractivity contribution in [2.75, 3.05) is 12.3 Å². The molecular formula is C15H22BrClN2OS. The summed E-state index contributed by atoms with van der Waals surface area (Å²) in [6.07, 6.45) is 2.20. The maximum Gasteiger partial charge on any atom is 0.230 e. The zero-order valence-corrected chi connectivity index (χ0v) is 15.5. The van der Waals surface area contributed by atoms with Gasteiger partial charge in [0.15, 0.2) is 0 Å². The number of carbonyl (C=O) groups excluding carboxylic acids is 1. The number of hydrogen-bond donors (Lipinski definition) is 2. The number of piperidine rings is 1. The molecule has 0 spiro atoms. The standard InChI is InChI=1S/C15H21BrN2OS.ClH/c1-10-8-12(16)5-6-14(10)20-9-15(19)18-13-4-3-7-17-11(13)2;/h5-6,8,11,13,17H,3-4,7,9H2,1-2H3,(H,18,19);1H. The van der Waals surface area contributed by atoms with Crippen LogP contribution in [0.5, 0.6) is 0 Å². The van der Waals surface area contributed by atoms with E-state index < -0.39 is 0 Å². The maximum atomic E-state index is 12.0. The first-order valence-electron chi connectivity index (χ1n) is 6.98. The van der Waals surface area contributed by atoms with E-state index in [1.807, 2.05) is 6.07 Å². The van der Waals surface area contributed by atoms with E-state index in [9.17, 15) is 4.79 Å². The molecule has 1 saturated heterocycles. The zero-order valence-electron chi connectivity index (χ0n) is 12.3. The van der Waals surface area contributed by atoms with Gasteiger partial charge in [-0.1, -0.05) is 15.9 Å². The van der Waals surface area contributed by atoms with Gasteiger partial charge >= 0.3 is 0 Å². The molecule has 0 saturated carbocycles. The summed E-state index contributed by atoms with van der Waals surface area (Å²) in [6, 6.07) is 6.78. The van der Waals surface area contributed by atoms with Crippen LogP contribution in [0.15, 0.2) is 27.6 Å². The predicted octanol–water partition coefficient (Wildman–Crippen LogP) is 3.53. The molecule has 0 aromatic heterocycles. The van der Waals surface area contributed by atoms with Gasteiger partial charge in [0.1, 0.15) is 0 Å². The highest BCUT2D eigenvalue weighted by atomic mass is 79.9. The fourth-order valence-corrected chi connectivity index (χ4v) is 3.70. The molecular weight excluding hydrogens is 372 g/mol. The minimum atomic E-state index is 0. The van der Waals surface area contributed by atoms with Crippen LogP contribution in [0.25, 0.3) is 0 Å². The van der Waals surface area contributed by atoms with E-state index in [0.29, 0.717) is 11.8 Å². The first-order chi connectivity index (χ1) is 9.56. The third kappa shape index (κ3) is 5.81. The fraction of sp³-hybridized carbons (Fsp3) is 0.533. The van der Waals surface area contributed by atoms with Crippen molar-refractivity contribution in [3.63, 3.8) is 0 Å². The third-order valence-corrected chi connectivity index (χ3v) is 5.27. The Hall–Kier alpha value is -0.230. The SMILES string of the molecule is Cc1cc(Br)ccc1SCC(=O)NC1CCCNC1C.Cl. The number of carbonyl (C=O) groups is 1. The Bertz CT molecular complexity index is 487. The summed E-state index contributed by atoms with van der Waals surface area (Å²) in [5.41, 5.74) is 1.20. The van der Waals surface area contributed by atoms with Gasteiger partial charge in [-0.3, -0.25) is 4.79 Å². The Morgan fingerprint density at radius 2 is 2.29 bits per heavy atom. The monoisotopic (exact) mass is 392 g/mol. The summed E-state index contributed by atoms with van der Waals surface area (Å²) < 4.78 is 1.07. The van der Waals surface area contributed by atoms with Crippen LogP contribution in [0.4, 0.5) is 0 Å². The topological polar surface area (TPSA) is 41.1 Å². The Balaban J connectivity index is 0.00000220. The lowest BCUT2D eigenvalue weighted by Gasteiger charge is -2.30. The summed E-state index contributed by atoms with van der Waals surface area (Å²) in [5, 5.41) is 6.54. The van der Waals surface area contributed by atoms with Crippen molar-refractivity contribution in [1.29, 1.82) is 0 Å². The molecule has 1 aromatic carbocycles. The van der Waals surface area contributed by atoms with Crippen LogP contribution < -0.4 is 10.6 Å². The molecule has 2 rings (SSSR count). The summed E-state index contributed by atoms with van der Waals surface area (Å²) >= 11 is 5.05. The molecule has 2 unspecified atom stereocenters. The minimum absolute atomic E-state index is 0. The second-order valence-corrected chi connectivity index (χ2v) is 7.19. The number of thioether (sulfide) groups is 1. The van der Waals surface area contributed by atoms with Gasteiger partial charge in [-0.25, -0.2) is 0 Å². The second kappa shape index (κ2) is 9.03. The molecule has 0 aliphatic carbocycles. The molecule has 2 atom stereocenters. The molecule has 1 heterocycles. The van der Waals surface area contributed by atoms with Crippen LogP contribution in [-0.4, -0.2) is 30.3 Å². The van der Waals surface area contributed by atoms with Gasteiger partial charge in [-0.15, -0.1) is 24.2 Å². The molecule has 1 aliphatic rings. The number of benzene rings is 1. The Labute approximate surface area is 145 Å². The van der Waals surface area contributed by atoms with Gasteiger partial charge in [-0.2, -0.15) is 0 Å². The van der Waals surface area contributed by atoms with Crippen molar-refractivity contribution >= 4 is 46.0 Å². The molecule has 0 radical (unpaired) electrons. The largest absolute Gasteiger partial charge is 0.351 e. The van der Waals surface area contributed by atoms with Gasteiger partial charge in [0.05, 0.1) is 5.75 Å². The molecule has 1 fully saturated rings. The van der Waals surface area contributed by atoms with Crippen LogP contribution in [-0.2, 0) is 4.79 Å². The summed E-state index contributed by atoms with van der Waals surface area (Å²) in [6.45, 7) is 5.26. The number of rotatable bonds is 4. The van der Waals surface area contributed by atoms with E-state index in [2.05, 4.69) is 52.5 Å². The van der Waals surface area contributed by atoms with Crippen molar-refractivity contribution in [3.8, 4) is 0 Å². The Morgan fingerprint density at radius 3 is 2.95 bits per heavy atom. The summed E-state index contributed by atoms with van der Waals surface area (Å²) in [4.78, 5) is 13.2. The van der Waals surface area contributed by atoms with Gasteiger partial charge < -0.3 is 10.6 Å². The van der Waals surface area contributed by atoms with Crippen LogP contribution >= 0.6 is 40.1 Å². The summed E-state index contributed by atoms with van der Waals surface area (Å²) in [7, 11) is 0. The Kier molecular flexibility index (Phi) is 8.09. The molecule has 3 nitrogen and oxygen atoms in total. The van der Waals surface area contributed by atoms with Gasteiger partial charge in [0.2, 0.25) is 5.91 Å². The lowest BCUT2D eigenvalue weighted by atomic mass is 10.00. The first-order valence-corrected chi connectivity index (χ1v) is 8.76. The van der Waals surface area contributed by atoms with Crippen molar-refractivity contribution in [2.45, 2.75) is 43.7 Å². The third-order valence-electron chi connectivity index (χ3n) is 3.60. The van der Waals surface area contributed by atoms with E-state index in [1.54, 1.807) is 11.8 Å². The van der Waals surface area contributed by atoms with Crippen LogP contribution in [0, 0.1) is 6.92 Å². The highest BCUT2D eigenvalue weighted by Crippen LogP contribution is 2.25. The first kappa shape index (κ1) is 18.8. The van der Waals surface area contributed by atoms with E-state index in [4.69, 9.17) is 0 Å². The van der Waals surface area contributed by atoms with Crippen molar-refractivity contribution in [1.82, 2.24) is 10.6 Å². The van der Waals surface area contributed by atoms with E-state index in [0.717, 1.165) is 28.8 Å². The number of hydrogen-bond acceptors (Lipinski definition) is 3. The van der Waals surface area contributed by atoms with E-state index in [-0.39, 0.29) is 24.4 Å². The minimum Gasteiger partial charge on any atom is -0.351 e. The number of nitrogens with one attached hydrogen (secondary N) is 2. The molecule has 6 heteroatoms. The second-order valence-electron chi connectivity index (χ2n) is 5.26. The molecule has 1 aromatic rings. The van der Waals surface area contributed by atoms with E-state index >= 15 is 0 Å². The molecule has 2 N–H and O–H groups in total. The lowest BCUT2D eigenvalue weighted by Crippen LogP contribution is -2.52. The van der Waals surface area contributed by atoms with Crippen molar-refractivity contribution in [3.05, 3.63) is 28.2 Å². The molecule has 0 bridgehead atoms. The normalized spacial score (nSPS) is 21.5. The quantitative estimate of drug-likeness (QED) is 0.769. The lowest BCUT2D eigenvalue weighted by molar-refractivity contribution is -0.119. The van der Waals surface area contributed by atoms with Crippen molar-refractivity contribution in [2.24, 2.45) is 0 Å². The molecule has 21 heavy (non-hydrogen) atoms. The van der Waals surface area contributed by atoms with Crippen LogP contribution in [0.2, 0.25) is 0 Å². The molecule has 1 amide bonds. The van der Waals surface area contributed by atoms with Gasteiger partial charge in [0.25, 0.3) is 0 Å². The number of halogens is 2. The van der Waals surface area contributed by atoms with Gasteiger partial charge in [0, 0.05) is 21.5 Å². The molecule has 1 aliphatic heterocycles. The Morgan fingerprint density at radius 1 is 1.52 bits per heavy atom. The highest BCUT2D eigenvalue weighted by molar-refractivity contribution is 9.10. The number of amides is 1. The fourth-order valence-electron chi connectivity index (χ4n) is 2.41. The van der Waals surface area contributed by atoms with Gasteiger partial charge in [-0.05, 0) is 57.0 Å².